The number of fused-ring (bicyclic) bond motifs is 1. The van der Waals surface area contributed by atoms with Gasteiger partial charge in [0.05, 0.1) is 18.5 Å². The number of sulfone groups is 1. The zero-order chi connectivity index (χ0) is 16.3. The molecule has 3 rings (SSSR count). The molecule has 128 valence electrons. The quantitative estimate of drug-likeness (QED) is 0.795. The van der Waals surface area contributed by atoms with Gasteiger partial charge in [-0.2, -0.15) is 0 Å². The van der Waals surface area contributed by atoms with Crippen molar-refractivity contribution in [3.05, 3.63) is 24.4 Å². The van der Waals surface area contributed by atoms with Crippen LogP contribution in [0.15, 0.2) is 24.4 Å². The van der Waals surface area contributed by atoms with Gasteiger partial charge in [-0.1, -0.05) is 13.0 Å². The van der Waals surface area contributed by atoms with E-state index in [1.807, 2.05) is 18.2 Å². The number of rotatable bonds is 7. The van der Waals surface area contributed by atoms with Crippen molar-refractivity contribution < 1.29 is 13.2 Å². The molecule has 3 atom stereocenters. The van der Waals surface area contributed by atoms with Crippen LogP contribution >= 0.6 is 0 Å². The van der Waals surface area contributed by atoms with E-state index < -0.39 is 9.84 Å². The van der Waals surface area contributed by atoms with Crippen LogP contribution in [0.5, 0.6) is 0 Å². The summed E-state index contributed by atoms with van der Waals surface area (Å²) in [6, 6.07) is 5.83. The zero-order valence-electron chi connectivity index (χ0n) is 13.5. The molecule has 2 aliphatic rings. The van der Waals surface area contributed by atoms with Crippen LogP contribution in [0.1, 0.15) is 6.92 Å². The van der Waals surface area contributed by atoms with Gasteiger partial charge in [-0.25, -0.2) is 13.4 Å². The Labute approximate surface area is 138 Å². The molecule has 0 aromatic carbocycles. The molecule has 2 fully saturated rings. The molecular weight excluding hydrogens is 314 g/mol. The van der Waals surface area contributed by atoms with E-state index in [-0.39, 0.29) is 17.6 Å². The maximum atomic E-state index is 11.7. The molecule has 2 saturated heterocycles. The van der Waals surface area contributed by atoms with Gasteiger partial charge in [-0.3, -0.25) is 4.90 Å². The van der Waals surface area contributed by atoms with E-state index in [4.69, 9.17) is 4.74 Å². The minimum absolute atomic E-state index is 0.223. The molecule has 1 aromatic heterocycles. The SMILES string of the molecule is CCS(=O)(=O)CCN1C[C@H]2[C@H](CNc3ccccn3)CO[C@H]2C1. The summed E-state index contributed by atoms with van der Waals surface area (Å²) in [5.41, 5.74) is 0. The van der Waals surface area contributed by atoms with Gasteiger partial charge in [0.15, 0.2) is 9.84 Å². The van der Waals surface area contributed by atoms with Crippen molar-refractivity contribution in [3.63, 3.8) is 0 Å². The van der Waals surface area contributed by atoms with E-state index in [1.54, 1.807) is 13.1 Å². The van der Waals surface area contributed by atoms with Crippen LogP contribution in [-0.4, -0.2) is 68.7 Å². The lowest BCUT2D eigenvalue weighted by atomic mass is 9.93. The molecule has 6 nitrogen and oxygen atoms in total. The predicted molar refractivity (Wildman–Crippen MR) is 90.2 cm³/mol. The standard InChI is InChI=1S/C16H25N3O3S/c1-2-23(20,21)8-7-19-10-14-13(12-22-15(14)11-19)9-18-16-5-3-4-6-17-16/h3-6,13-15H,2,7-12H2,1H3,(H,17,18)/t13-,14+,15+/m1/s1. The minimum atomic E-state index is -2.89. The molecule has 7 heteroatoms. The van der Waals surface area contributed by atoms with Crippen LogP contribution in [-0.2, 0) is 14.6 Å². The van der Waals surface area contributed by atoms with Gasteiger partial charge >= 0.3 is 0 Å². The first-order chi connectivity index (χ1) is 11.1. The molecule has 1 aromatic rings. The Morgan fingerprint density at radius 2 is 2.26 bits per heavy atom. The molecule has 23 heavy (non-hydrogen) atoms. The summed E-state index contributed by atoms with van der Waals surface area (Å²) in [6.45, 7) is 5.72. The number of nitrogens with one attached hydrogen (secondary N) is 1. The van der Waals surface area contributed by atoms with Crippen LogP contribution in [0.2, 0.25) is 0 Å². The van der Waals surface area contributed by atoms with Gasteiger partial charge < -0.3 is 10.1 Å². The zero-order valence-corrected chi connectivity index (χ0v) is 14.3. The van der Waals surface area contributed by atoms with E-state index in [0.29, 0.717) is 18.4 Å². The van der Waals surface area contributed by atoms with E-state index in [0.717, 1.165) is 32.1 Å². The lowest BCUT2D eigenvalue weighted by Gasteiger charge is -2.20. The van der Waals surface area contributed by atoms with Crippen molar-refractivity contribution >= 4 is 15.7 Å². The van der Waals surface area contributed by atoms with E-state index >= 15 is 0 Å². The van der Waals surface area contributed by atoms with Gasteiger partial charge in [0.25, 0.3) is 0 Å². The number of nitrogens with zero attached hydrogens (tertiary/aromatic N) is 2. The summed E-state index contributed by atoms with van der Waals surface area (Å²) in [6.07, 6.45) is 2.02. The van der Waals surface area contributed by atoms with Crippen molar-refractivity contribution in [2.45, 2.75) is 13.0 Å². The maximum absolute atomic E-state index is 11.7. The van der Waals surface area contributed by atoms with Gasteiger partial charge in [-0.05, 0) is 12.1 Å². The molecule has 0 bridgehead atoms. The smallest absolute Gasteiger partial charge is 0.151 e. The highest BCUT2D eigenvalue weighted by Crippen LogP contribution is 2.33. The largest absolute Gasteiger partial charge is 0.376 e. The Kier molecular flexibility index (Phi) is 5.18. The average molecular weight is 339 g/mol. The summed E-state index contributed by atoms with van der Waals surface area (Å²) in [4.78, 5) is 6.51. The topological polar surface area (TPSA) is 71.5 Å². The van der Waals surface area contributed by atoms with Crippen molar-refractivity contribution in [2.24, 2.45) is 11.8 Å². The third-order valence-corrected chi connectivity index (χ3v) is 6.57. The third-order valence-electron chi connectivity index (χ3n) is 4.88. The molecule has 2 aliphatic heterocycles. The van der Waals surface area contributed by atoms with Crippen LogP contribution < -0.4 is 5.32 Å². The van der Waals surface area contributed by atoms with Crippen LogP contribution in [0.25, 0.3) is 0 Å². The minimum Gasteiger partial charge on any atom is -0.376 e. The van der Waals surface area contributed by atoms with Crippen LogP contribution in [0.3, 0.4) is 0 Å². The van der Waals surface area contributed by atoms with Gasteiger partial charge in [0.1, 0.15) is 5.82 Å². The van der Waals surface area contributed by atoms with Gasteiger partial charge in [0.2, 0.25) is 0 Å². The van der Waals surface area contributed by atoms with E-state index in [9.17, 15) is 8.42 Å². The average Bonchev–Trinajstić information content (AvgIpc) is 3.13. The highest BCUT2D eigenvalue weighted by Gasteiger charge is 2.43. The number of aromatic nitrogens is 1. The first-order valence-electron chi connectivity index (χ1n) is 8.26. The fourth-order valence-corrected chi connectivity index (χ4v) is 4.21. The Morgan fingerprint density at radius 1 is 1.39 bits per heavy atom. The molecule has 0 aliphatic carbocycles. The number of pyridine rings is 1. The summed E-state index contributed by atoms with van der Waals surface area (Å²) in [5, 5.41) is 3.37. The normalized spacial score (nSPS) is 28.0. The summed E-state index contributed by atoms with van der Waals surface area (Å²) >= 11 is 0. The van der Waals surface area contributed by atoms with E-state index in [1.165, 1.54) is 0 Å². The predicted octanol–water partition coefficient (Wildman–Crippen LogP) is 0.875. The second-order valence-electron chi connectivity index (χ2n) is 6.39. The first kappa shape index (κ1) is 16.7. The van der Waals surface area contributed by atoms with E-state index in [2.05, 4.69) is 15.2 Å². The Bertz CT molecular complexity index is 608. The summed E-state index contributed by atoms with van der Waals surface area (Å²) in [7, 11) is -2.89. The summed E-state index contributed by atoms with van der Waals surface area (Å²) in [5.74, 6) is 2.30. The van der Waals surface area contributed by atoms with Crippen LogP contribution in [0.4, 0.5) is 5.82 Å². The molecule has 3 heterocycles. The Balaban J connectivity index is 1.49. The molecular formula is C16H25N3O3S. The second-order valence-corrected chi connectivity index (χ2v) is 8.86. The molecule has 0 radical (unpaired) electrons. The second kappa shape index (κ2) is 7.15. The summed E-state index contributed by atoms with van der Waals surface area (Å²) < 4.78 is 29.2. The highest BCUT2D eigenvalue weighted by molar-refractivity contribution is 7.91. The van der Waals surface area contributed by atoms with Crippen molar-refractivity contribution in [1.29, 1.82) is 0 Å². The highest BCUT2D eigenvalue weighted by atomic mass is 32.2. The van der Waals surface area contributed by atoms with Crippen molar-refractivity contribution in [1.82, 2.24) is 9.88 Å². The molecule has 0 saturated carbocycles. The lowest BCUT2D eigenvalue weighted by Crippen LogP contribution is -2.31. The van der Waals surface area contributed by atoms with Crippen molar-refractivity contribution in [2.75, 3.05) is 49.6 Å². The molecule has 0 spiro atoms. The number of hydrogen-bond acceptors (Lipinski definition) is 6. The number of anilines is 1. The molecule has 0 amide bonds. The maximum Gasteiger partial charge on any atom is 0.151 e. The van der Waals surface area contributed by atoms with Gasteiger partial charge in [0, 0.05) is 50.0 Å². The fraction of sp³-hybridized carbons (Fsp3) is 0.688. The number of ether oxygens (including phenoxy) is 1. The third kappa shape index (κ3) is 4.22. The Hall–Kier alpha value is -1.18. The van der Waals surface area contributed by atoms with Gasteiger partial charge in [-0.15, -0.1) is 0 Å². The fourth-order valence-electron chi connectivity index (χ4n) is 3.39. The molecule has 1 N–H and O–H groups in total. The lowest BCUT2D eigenvalue weighted by molar-refractivity contribution is 0.0966. The first-order valence-corrected chi connectivity index (χ1v) is 10.1. The Morgan fingerprint density at radius 3 is 3.00 bits per heavy atom. The number of hydrogen-bond donors (Lipinski definition) is 1. The monoisotopic (exact) mass is 339 g/mol. The molecule has 0 unspecified atom stereocenters. The van der Waals surface area contributed by atoms with Crippen LogP contribution in [0, 0.1) is 11.8 Å². The van der Waals surface area contributed by atoms with Crippen molar-refractivity contribution in [3.8, 4) is 0 Å². The number of likely N-dealkylation sites (tertiary alicyclic amines) is 1.